The number of nitrogen functional groups attached to an aromatic ring is 1. The molecule has 0 bridgehead atoms. The van der Waals surface area contributed by atoms with Gasteiger partial charge in [0.25, 0.3) is 10.0 Å². The maximum atomic E-state index is 12.3. The molecule has 1 aromatic carbocycles. The van der Waals surface area contributed by atoms with Gasteiger partial charge in [0.2, 0.25) is 0 Å². The van der Waals surface area contributed by atoms with E-state index in [1.165, 1.54) is 18.2 Å². The minimum absolute atomic E-state index is 0.0765. The zero-order valence-corrected chi connectivity index (χ0v) is 13.6. The molecular formula is C12H11BrClN3O2S. The van der Waals surface area contributed by atoms with Gasteiger partial charge in [0.05, 0.1) is 11.4 Å². The number of nitrogens with one attached hydrogen (secondary N) is 1. The van der Waals surface area contributed by atoms with Crippen molar-refractivity contribution in [3.05, 3.63) is 45.5 Å². The lowest BCUT2D eigenvalue weighted by Gasteiger charge is -2.10. The van der Waals surface area contributed by atoms with Gasteiger partial charge >= 0.3 is 0 Å². The zero-order valence-electron chi connectivity index (χ0n) is 10.4. The Kier molecular flexibility index (Phi) is 4.22. The minimum atomic E-state index is -3.83. The highest BCUT2D eigenvalue weighted by Crippen LogP contribution is 2.25. The highest BCUT2D eigenvalue weighted by atomic mass is 79.9. The van der Waals surface area contributed by atoms with Crippen LogP contribution in [-0.4, -0.2) is 13.4 Å². The number of aryl methyl sites for hydroxylation is 1. The highest BCUT2D eigenvalue weighted by Gasteiger charge is 2.18. The van der Waals surface area contributed by atoms with Gasteiger partial charge in [-0.1, -0.05) is 11.6 Å². The maximum Gasteiger partial charge on any atom is 0.265 e. The Morgan fingerprint density at radius 3 is 2.65 bits per heavy atom. The number of halogens is 2. The molecule has 0 amide bonds. The van der Waals surface area contributed by atoms with Crippen LogP contribution in [0.2, 0.25) is 5.02 Å². The average Bonchev–Trinajstić information content (AvgIpc) is 2.36. The first-order valence-corrected chi connectivity index (χ1v) is 8.16. The molecule has 0 unspecified atom stereocenters. The summed E-state index contributed by atoms with van der Waals surface area (Å²) in [5.74, 6) is 0.213. The van der Waals surface area contributed by atoms with Crippen LogP contribution in [0.3, 0.4) is 0 Å². The molecule has 0 saturated carbocycles. The topological polar surface area (TPSA) is 85.1 Å². The lowest BCUT2D eigenvalue weighted by Crippen LogP contribution is -2.15. The van der Waals surface area contributed by atoms with Crippen molar-refractivity contribution in [1.82, 2.24) is 4.98 Å². The van der Waals surface area contributed by atoms with Gasteiger partial charge in [-0.3, -0.25) is 4.72 Å². The molecule has 5 nitrogen and oxygen atoms in total. The molecule has 0 aliphatic carbocycles. The van der Waals surface area contributed by atoms with Crippen molar-refractivity contribution < 1.29 is 8.42 Å². The molecule has 0 aliphatic rings. The smallest absolute Gasteiger partial charge is 0.265 e. The first-order valence-electron chi connectivity index (χ1n) is 5.50. The van der Waals surface area contributed by atoms with Crippen LogP contribution >= 0.6 is 27.5 Å². The fourth-order valence-electron chi connectivity index (χ4n) is 1.53. The van der Waals surface area contributed by atoms with Gasteiger partial charge < -0.3 is 5.73 Å². The summed E-state index contributed by atoms with van der Waals surface area (Å²) < 4.78 is 27.7. The van der Waals surface area contributed by atoms with Crippen molar-refractivity contribution in [2.45, 2.75) is 11.8 Å². The summed E-state index contributed by atoms with van der Waals surface area (Å²) in [6, 6.07) is 7.52. The number of hydrogen-bond acceptors (Lipinski definition) is 4. The lowest BCUT2D eigenvalue weighted by molar-refractivity contribution is 0.601. The number of hydrogen-bond donors (Lipinski definition) is 2. The van der Waals surface area contributed by atoms with Gasteiger partial charge in [0, 0.05) is 9.50 Å². The standard InChI is InChI=1S/C12H11BrClN3O2S/c1-7-9(13)3-5-12(16-7)17-20(18,19)11-6-8(14)2-4-10(11)15/h2-6H,15H2,1H3,(H,16,17). The van der Waals surface area contributed by atoms with E-state index in [-0.39, 0.29) is 16.4 Å². The molecule has 0 aliphatic heterocycles. The number of benzene rings is 1. The molecule has 0 radical (unpaired) electrons. The fourth-order valence-corrected chi connectivity index (χ4v) is 3.15. The summed E-state index contributed by atoms with van der Waals surface area (Å²) in [4.78, 5) is 4.05. The van der Waals surface area contributed by atoms with Crippen LogP contribution in [0, 0.1) is 6.92 Å². The van der Waals surface area contributed by atoms with Gasteiger partial charge in [-0.2, -0.15) is 0 Å². The van der Waals surface area contributed by atoms with E-state index in [1.807, 2.05) is 0 Å². The Morgan fingerprint density at radius 2 is 2.00 bits per heavy atom. The van der Waals surface area contributed by atoms with E-state index in [9.17, 15) is 8.42 Å². The summed E-state index contributed by atoms with van der Waals surface area (Å²) >= 11 is 9.10. The van der Waals surface area contributed by atoms with Gasteiger partial charge in [-0.25, -0.2) is 13.4 Å². The van der Waals surface area contributed by atoms with Crippen LogP contribution in [0.5, 0.6) is 0 Å². The molecule has 0 saturated heterocycles. The average molecular weight is 377 g/mol. The van der Waals surface area contributed by atoms with Crippen molar-refractivity contribution >= 4 is 49.1 Å². The second-order valence-electron chi connectivity index (χ2n) is 4.05. The number of anilines is 2. The molecule has 2 rings (SSSR count). The van der Waals surface area contributed by atoms with Crippen molar-refractivity contribution in [3.63, 3.8) is 0 Å². The molecule has 1 aromatic heterocycles. The third-order valence-electron chi connectivity index (χ3n) is 2.53. The summed E-state index contributed by atoms with van der Waals surface area (Å²) in [6.07, 6.45) is 0. The van der Waals surface area contributed by atoms with E-state index in [0.29, 0.717) is 10.7 Å². The van der Waals surface area contributed by atoms with Crippen LogP contribution < -0.4 is 10.5 Å². The molecular weight excluding hydrogens is 366 g/mol. The largest absolute Gasteiger partial charge is 0.398 e. The SMILES string of the molecule is Cc1nc(NS(=O)(=O)c2cc(Cl)ccc2N)ccc1Br. The monoisotopic (exact) mass is 375 g/mol. The van der Waals surface area contributed by atoms with Crippen LogP contribution in [0.25, 0.3) is 0 Å². The number of pyridine rings is 1. The molecule has 20 heavy (non-hydrogen) atoms. The second-order valence-corrected chi connectivity index (χ2v) is 6.99. The Morgan fingerprint density at radius 1 is 1.30 bits per heavy atom. The van der Waals surface area contributed by atoms with E-state index in [2.05, 4.69) is 25.6 Å². The summed E-state index contributed by atoms with van der Waals surface area (Å²) in [7, 11) is -3.83. The summed E-state index contributed by atoms with van der Waals surface area (Å²) in [6.45, 7) is 1.76. The summed E-state index contributed by atoms with van der Waals surface area (Å²) in [5.41, 5.74) is 6.47. The van der Waals surface area contributed by atoms with Gasteiger partial charge in [-0.05, 0) is 53.2 Å². The first-order chi connectivity index (χ1) is 9.29. The Balaban J connectivity index is 2.40. The van der Waals surface area contributed by atoms with E-state index < -0.39 is 10.0 Å². The molecule has 3 N–H and O–H groups in total. The molecule has 1 heterocycles. The quantitative estimate of drug-likeness (QED) is 0.806. The Hall–Kier alpha value is -1.31. The maximum absolute atomic E-state index is 12.3. The van der Waals surface area contributed by atoms with E-state index in [1.54, 1.807) is 19.1 Å². The molecule has 0 fully saturated rings. The third kappa shape index (κ3) is 3.23. The predicted molar refractivity (Wildman–Crippen MR) is 83.3 cm³/mol. The first kappa shape index (κ1) is 15.1. The third-order valence-corrected chi connectivity index (χ3v) is 5.01. The van der Waals surface area contributed by atoms with Gasteiger partial charge in [0.15, 0.2) is 0 Å². The van der Waals surface area contributed by atoms with Crippen molar-refractivity contribution in [1.29, 1.82) is 0 Å². The van der Waals surface area contributed by atoms with E-state index in [0.717, 1.165) is 4.47 Å². The van der Waals surface area contributed by atoms with Crippen LogP contribution in [0.15, 0.2) is 39.7 Å². The molecule has 0 spiro atoms. The van der Waals surface area contributed by atoms with Crippen LogP contribution in [-0.2, 0) is 10.0 Å². The highest BCUT2D eigenvalue weighted by molar-refractivity contribution is 9.10. The van der Waals surface area contributed by atoms with Crippen molar-refractivity contribution in [2.24, 2.45) is 0 Å². The zero-order chi connectivity index (χ0) is 14.9. The van der Waals surface area contributed by atoms with Crippen LogP contribution in [0.1, 0.15) is 5.69 Å². The van der Waals surface area contributed by atoms with Crippen molar-refractivity contribution in [3.8, 4) is 0 Å². The Bertz CT molecular complexity index is 765. The molecule has 0 atom stereocenters. The molecule has 2 aromatic rings. The number of sulfonamides is 1. The molecule has 106 valence electrons. The summed E-state index contributed by atoms with van der Waals surface area (Å²) in [5, 5.41) is 0.291. The number of aromatic nitrogens is 1. The van der Waals surface area contributed by atoms with E-state index >= 15 is 0 Å². The number of nitrogens with two attached hydrogens (primary N) is 1. The fraction of sp³-hybridized carbons (Fsp3) is 0.0833. The van der Waals surface area contributed by atoms with E-state index in [4.69, 9.17) is 17.3 Å². The lowest BCUT2D eigenvalue weighted by atomic mass is 10.3. The minimum Gasteiger partial charge on any atom is -0.398 e. The van der Waals surface area contributed by atoms with Gasteiger partial charge in [-0.15, -0.1) is 0 Å². The Labute approximate surface area is 130 Å². The second kappa shape index (κ2) is 5.59. The normalized spacial score (nSPS) is 11.3. The predicted octanol–water partition coefficient (Wildman–Crippen LogP) is 3.19. The number of rotatable bonds is 3. The van der Waals surface area contributed by atoms with Crippen molar-refractivity contribution in [2.75, 3.05) is 10.5 Å². The van der Waals surface area contributed by atoms with Gasteiger partial charge in [0.1, 0.15) is 10.7 Å². The molecule has 8 heteroatoms. The van der Waals surface area contributed by atoms with Crippen LogP contribution in [0.4, 0.5) is 11.5 Å². The number of nitrogens with zero attached hydrogens (tertiary/aromatic N) is 1.